The maximum Gasteiger partial charge on any atom is 0.239 e. The van der Waals surface area contributed by atoms with E-state index in [1.54, 1.807) is 0 Å². The van der Waals surface area contributed by atoms with Gasteiger partial charge in [0.2, 0.25) is 5.91 Å². The van der Waals surface area contributed by atoms with Crippen LogP contribution in [0.25, 0.3) is 0 Å². The Morgan fingerprint density at radius 2 is 2.60 bits per heavy atom. The second kappa shape index (κ2) is 2.44. The molecule has 1 amide bonds. The second-order valence-corrected chi connectivity index (χ2v) is 1.72. The highest BCUT2D eigenvalue weighted by atomic mass is 16.2. The minimum atomic E-state index is -0.283. The first-order valence-electron chi connectivity index (χ1n) is 2.63. The van der Waals surface area contributed by atoms with Gasteiger partial charge in [-0.3, -0.25) is 9.89 Å². The number of carbonyl (C=O) groups is 1. The van der Waals surface area contributed by atoms with Gasteiger partial charge < -0.3 is 0 Å². The van der Waals surface area contributed by atoms with Gasteiger partial charge in [-0.1, -0.05) is 5.21 Å². The molecule has 0 fully saturated rings. The molecule has 10 heavy (non-hydrogen) atoms. The van der Waals surface area contributed by atoms with Crippen LogP contribution in [0.4, 0.5) is 5.82 Å². The molecular weight excluding hydrogens is 134 g/mol. The average Bonchev–Trinajstić information content (AvgIpc) is 2.36. The average molecular weight is 141 g/mol. The SMILES string of the molecule is CC(=O)N(N)c1c[nH]nn1. The van der Waals surface area contributed by atoms with Crippen LogP contribution in [0.3, 0.4) is 0 Å². The molecule has 0 saturated carbocycles. The lowest BCUT2D eigenvalue weighted by Crippen LogP contribution is -2.35. The molecule has 6 heteroatoms. The molecule has 1 aromatic rings. The number of rotatable bonds is 1. The minimum Gasteiger partial charge on any atom is -0.273 e. The van der Waals surface area contributed by atoms with E-state index in [2.05, 4.69) is 15.4 Å². The van der Waals surface area contributed by atoms with Crippen LogP contribution in [0.5, 0.6) is 0 Å². The van der Waals surface area contributed by atoms with Gasteiger partial charge in [-0.25, -0.2) is 10.9 Å². The zero-order chi connectivity index (χ0) is 7.56. The zero-order valence-corrected chi connectivity index (χ0v) is 5.40. The number of nitrogens with one attached hydrogen (secondary N) is 1. The van der Waals surface area contributed by atoms with Crippen LogP contribution in [-0.2, 0) is 4.79 Å². The molecule has 54 valence electrons. The van der Waals surface area contributed by atoms with Crippen molar-refractivity contribution in [3.63, 3.8) is 0 Å². The number of hydrazine groups is 1. The Bertz CT molecular complexity index is 218. The normalized spacial score (nSPS) is 9.40. The predicted molar refractivity (Wildman–Crippen MR) is 33.7 cm³/mol. The van der Waals surface area contributed by atoms with E-state index in [-0.39, 0.29) is 5.91 Å². The van der Waals surface area contributed by atoms with Crippen LogP contribution >= 0.6 is 0 Å². The summed E-state index contributed by atoms with van der Waals surface area (Å²) in [6.45, 7) is 1.34. The number of hydrogen-bond acceptors (Lipinski definition) is 4. The van der Waals surface area contributed by atoms with Crippen LogP contribution in [-0.4, -0.2) is 21.3 Å². The molecule has 1 heterocycles. The molecule has 0 aliphatic heterocycles. The smallest absolute Gasteiger partial charge is 0.239 e. The predicted octanol–water partition coefficient (Wildman–Crippen LogP) is -0.969. The van der Waals surface area contributed by atoms with Crippen molar-refractivity contribution < 1.29 is 4.79 Å². The first kappa shape index (κ1) is 6.69. The number of amides is 1. The first-order valence-corrected chi connectivity index (χ1v) is 2.63. The van der Waals surface area contributed by atoms with Gasteiger partial charge in [-0.2, -0.15) is 0 Å². The molecule has 0 aliphatic carbocycles. The summed E-state index contributed by atoms with van der Waals surface area (Å²) < 4.78 is 0. The monoisotopic (exact) mass is 141 g/mol. The van der Waals surface area contributed by atoms with Gasteiger partial charge in [0.05, 0.1) is 6.20 Å². The molecule has 3 N–H and O–H groups in total. The van der Waals surface area contributed by atoms with Gasteiger partial charge in [-0.05, 0) is 0 Å². The number of H-pyrrole nitrogens is 1. The lowest BCUT2D eigenvalue weighted by atomic mass is 10.6. The van der Waals surface area contributed by atoms with Crippen LogP contribution in [0.2, 0.25) is 0 Å². The fourth-order valence-electron chi connectivity index (χ4n) is 0.475. The van der Waals surface area contributed by atoms with Crippen molar-refractivity contribution in [2.75, 3.05) is 5.01 Å². The maximum absolute atomic E-state index is 10.6. The van der Waals surface area contributed by atoms with Crippen molar-refractivity contribution in [3.8, 4) is 0 Å². The van der Waals surface area contributed by atoms with Crippen LogP contribution in [0.1, 0.15) is 6.92 Å². The quantitative estimate of drug-likeness (QED) is 0.299. The van der Waals surface area contributed by atoms with Crippen LogP contribution in [0.15, 0.2) is 6.20 Å². The summed E-state index contributed by atoms with van der Waals surface area (Å²) in [7, 11) is 0. The van der Waals surface area contributed by atoms with Crippen LogP contribution in [0, 0.1) is 0 Å². The molecule has 0 spiro atoms. The summed E-state index contributed by atoms with van der Waals surface area (Å²) in [5.74, 6) is 5.27. The highest BCUT2D eigenvalue weighted by Gasteiger charge is 2.07. The number of aromatic nitrogens is 3. The summed E-state index contributed by atoms with van der Waals surface area (Å²) >= 11 is 0. The Balaban J connectivity index is 2.77. The summed E-state index contributed by atoms with van der Waals surface area (Å²) in [5, 5.41) is 10.2. The van der Waals surface area contributed by atoms with Crippen molar-refractivity contribution in [2.45, 2.75) is 6.92 Å². The number of anilines is 1. The lowest BCUT2D eigenvalue weighted by Gasteiger charge is -2.07. The standard InChI is InChI=1S/C4H7N5O/c1-3(10)9(5)4-2-6-8-7-4/h2H,5H2,1H3,(H,6,7,8). The molecule has 0 unspecified atom stereocenters. The molecule has 0 atom stereocenters. The molecule has 0 aliphatic rings. The number of hydrogen-bond donors (Lipinski definition) is 2. The van der Waals surface area contributed by atoms with E-state index in [9.17, 15) is 4.79 Å². The third kappa shape index (κ3) is 1.11. The van der Waals surface area contributed by atoms with Crippen LogP contribution < -0.4 is 10.9 Å². The maximum atomic E-state index is 10.6. The van der Waals surface area contributed by atoms with Gasteiger partial charge in [-0.15, -0.1) is 5.10 Å². The number of aromatic amines is 1. The fraction of sp³-hybridized carbons (Fsp3) is 0.250. The third-order valence-corrected chi connectivity index (χ3v) is 0.990. The minimum absolute atomic E-state index is 0.283. The Morgan fingerprint density at radius 1 is 1.90 bits per heavy atom. The van der Waals surface area contributed by atoms with E-state index >= 15 is 0 Å². The molecule has 6 nitrogen and oxygen atoms in total. The Morgan fingerprint density at radius 3 is 3.00 bits per heavy atom. The lowest BCUT2D eigenvalue weighted by molar-refractivity contribution is -0.116. The third-order valence-electron chi connectivity index (χ3n) is 0.990. The number of carbonyl (C=O) groups excluding carboxylic acids is 1. The van der Waals surface area contributed by atoms with Gasteiger partial charge in [0, 0.05) is 6.92 Å². The Labute approximate surface area is 57.0 Å². The van der Waals surface area contributed by atoms with Crippen molar-refractivity contribution in [1.82, 2.24) is 15.4 Å². The summed E-state index contributed by atoms with van der Waals surface area (Å²) in [6.07, 6.45) is 1.43. The number of nitrogens with two attached hydrogens (primary N) is 1. The van der Waals surface area contributed by atoms with E-state index < -0.39 is 0 Å². The van der Waals surface area contributed by atoms with E-state index in [1.807, 2.05) is 0 Å². The first-order chi connectivity index (χ1) is 4.72. The molecule has 0 aromatic carbocycles. The molecular formula is C4H7N5O. The van der Waals surface area contributed by atoms with Crippen molar-refractivity contribution in [3.05, 3.63) is 6.20 Å². The summed E-state index contributed by atoms with van der Waals surface area (Å²) in [6, 6.07) is 0. The highest BCUT2D eigenvalue weighted by molar-refractivity contribution is 5.88. The van der Waals surface area contributed by atoms with E-state index in [4.69, 9.17) is 5.84 Å². The molecule has 0 saturated heterocycles. The fourth-order valence-corrected chi connectivity index (χ4v) is 0.475. The summed E-state index contributed by atoms with van der Waals surface area (Å²) in [5.41, 5.74) is 0. The van der Waals surface area contributed by atoms with Gasteiger partial charge in [0.1, 0.15) is 0 Å². The van der Waals surface area contributed by atoms with Crippen molar-refractivity contribution in [2.24, 2.45) is 5.84 Å². The van der Waals surface area contributed by atoms with Crippen molar-refractivity contribution >= 4 is 11.7 Å². The van der Waals surface area contributed by atoms with Crippen molar-refractivity contribution in [1.29, 1.82) is 0 Å². The van der Waals surface area contributed by atoms with E-state index in [0.29, 0.717) is 5.82 Å². The topological polar surface area (TPSA) is 87.9 Å². The second-order valence-electron chi connectivity index (χ2n) is 1.72. The van der Waals surface area contributed by atoms with E-state index in [1.165, 1.54) is 13.1 Å². The van der Waals surface area contributed by atoms with Gasteiger partial charge >= 0.3 is 0 Å². The highest BCUT2D eigenvalue weighted by Crippen LogP contribution is 2.00. The summed E-state index contributed by atoms with van der Waals surface area (Å²) in [4.78, 5) is 10.6. The molecule has 0 bridgehead atoms. The van der Waals surface area contributed by atoms with Gasteiger partial charge in [0.25, 0.3) is 0 Å². The van der Waals surface area contributed by atoms with E-state index in [0.717, 1.165) is 5.01 Å². The Hall–Kier alpha value is -1.43. The van der Waals surface area contributed by atoms with Gasteiger partial charge in [0.15, 0.2) is 5.82 Å². The molecule has 0 radical (unpaired) electrons. The molecule has 1 aromatic heterocycles. The molecule has 1 rings (SSSR count). The number of nitrogens with zero attached hydrogens (tertiary/aromatic N) is 3. The largest absolute Gasteiger partial charge is 0.273 e. The zero-order valence-electron chi connectivity index (χ0n) is 5.40. The Kier molecular flexibility index (Phi) is 1.63.